The van der Waals surface area contributed by atoms with Gasteiger partial charge < -0.3 is 18.3 Å². The summed E-state index contributed by atoms with van der Waals surface area (Å²) in [5.74, 6) is 3.61. The molecule has 72 heavy (non-hydrogen) atoms. The van der Waals surface area contributed by atoms with Gasteiger partial charge in [0, 0.05) is 25.6 Å². The maximum atomic E-state index is 6.54. The van der Waals surface area contributed by atoms with Gasteiger partial charge in [0.15, 0.2) is 0 Å². The summed E-state index contributed by atoms with van der Waals surface area (Å²) in [4.78, 5) is 0. The number of nitrogens with zero attached hydrogens (tertiary/aromatic N) is 4. The number of rotatable bonds is 32. The fourth-order valence-electron chi connectivity index (χ4n) is 9.32. The summed E-state index contributed by atoms with van der Waals surface area (Å²) < 4.78 is 26.9. The maximum Gasteiger partial charge on any atom is 0.249 e. The second kappa shape index (κ2) is 29.6. The summed E-state index contributed by atoms with van der Waals surface area (Å²) >= 11 is 7.63. The van der Waals surface area contributed by atoms with Gasteiger partial charge >= 0.3 is 0 Å². The molecule has 0 amide bonds. The number of hydrogen-bond donors (Lipinski definition) is 0. The molecule has 0 aliphatic carbocycles. The third kappa shape index (κ3) is 16.0. The van der Waals surface area contributed by atoms with Crippen LogP contribution in [-0.4, -0.2) is 33.6 Å². The van der Waals surface area contributed by atoms with Gasteiger partial charge in [-0.2, -0.15) is 0 Å². The standard InChI is InChI=1S/C62H76Br2N4O4/c1-5-9-13-17-19-23-39-69-51-33-27-45(28-34-51)59-65-67-61(71-59)56-44-50(63)32-37-53(56)55-42-47(25-21-15-11-7-3)54(41-48(55)26-22-16-12-8-4)49-31-38-58(64)57(43-49)62-68-66-60(72-62)46-29-35-52(36-30-46)70-40-24-20-18-14-10-6-2/h27-38,41-44H,5-26,39-40H2,1-4H3. The predicted molar refractivity (Wildman–Crippen MR) is 304 cm³/mol. The van der Waals surface area contributed by atoms with Crippen molar-refractivity contribution in [3.8, 4) is 79.6 Å². The number of hydrogen-bond acceptors (Lipinski definition) is 8. The van der Waals surface area contributed by atoms with Crippen molar-refractivity contribution < 1.29 is 18.3 Å². The Labute approximate surface area is 446 Å². The second-order valence-corrected chi connectivity index (χ2v) is 21.0. The number of ether oxygens (including phenoxy) is 2. The van der Waals surface area contributed by atoms with Crippen molar-refractivity contribution in [2.24, 2.45) is 0 Å². The number of halogens is 2. The van der Waals surface area contributed by atoms with Crippen LogP contribution in [0.25, 0.3) is 68.1 Å². The van der Waals surface area contributed by atoms with Crippen LogP contribution >= 0.6 is 31.9 Å². The fraction of sp³-hybridized carbons (Fsp3) is 0.452. The van der Waals surface area contributed by atoms with E-state index >= 15 is 0 Å². The highest BCUT2D eigenvalue weighted by Crippen LogP contribution is 2.42. The Morgan fingerprint density at radius 2 is 0.792 bits per heavy atom. The van der Waals surface area contributed by atoms with Crippen molar-refractivity contribution in [1.82, 2.24) is 20.4 Å². The first-order valence-corrected chi connectivity index (χ1v) is 28.9. The van der Waals surface area contributed by atoms with Crippen molar-refractivity contribution in [2.75, 3.05) is 13.2 Å². The number of aromatic nitrogens is 4. The first kappa shape index (κ1) is 54.7. The van der Waals surface area contributed by atoms with Gasteiger partial charge in [-0.25, -0.2) is 0 Å². The topological polar surface area (TPSA) is 96.3 Å². The third-order valence-corrected chi connectivity index (χ3v) is 14.7. The molecule has 0 N–H and O–H groups in total. The Morgan fingerprint density at radius 1 is 0.361 bits per heavy atom. The van der Waals surface area contributed by atoms with Crippen LogP contribution < -0.4 is 9.47 Å². The summed E-state index contributed by atoms with van der Waals surface area (Å²) in [6.07, 6.45) is 26.0. The van der Waals surface area contributed by atoms with E-state index in [9.17, 15) is 0 Å². The van der Waals surface area contributed by atoms with Gasteiger partial charge in [0.25, 0.3) is 0 Å². The van der Waals surface area contributed by atoms with Crippen molar-refractivity contribution in [3.63, 3.8) is 0 Å². The summed E-state index contributed by atoms with van der Waals surface area (Å²) in [5.41, 5.74) is 10.7. The minimum Gasteiger partial charge on any atom is -0.494 e. The zero-order valence-corrected chi connectivity index (χ0v) is 46.6. The summed E-state index contributed by atoms with van der Waals surface area (Å²) in [6.45, 7) is 10.5. The molecular formula is C62H76Br2N4O4. The summed E-state index contributed by atoms with van der Waals surface area (Å²) in [7, 11) is 0. The Hall–Kier alpha value is -5.06. The van der Waals surface area contributed by atoms with E-state index in [0.717, 1.165) is 106 Å². The molecule has 0 fully saturated rings. The molecule has 0 saturated carbocycles. The second-order valence-electron chi connectivity index (χ2n) is 19.3. The summed E-state index contributed by atoms with van der Waals surface area (Å²) in [5, 5.41) is 18.3. The van der Waals surface area contributed by atoms with E-state index in [1.165, 1.54) is 125 Å². The Kier molecular flexibility index (Phi) is 22.5. The van der Waals surface area contributed by atoms with Gasteiger partial charge in [-0.05, 0) is 161 Å². The van der Waals surface area contributed by atoms with Crippen LogP contribution in [0.3, 0.4) is 0 Å². The number of benzene rings is 5. The zero-order chi connectivity index (χ0) is 50.3. The first-order chi connectivity index (χ1) is 35.4. The molecule has 8 nitrogen and oxygen atoms in total. The Balaban J connectivity index is 1.17. The van der Waals surface area contributed by atoms with Gasteiger partial charge in [-0.15, -0.1) is 20.4 Å². The largest absolute Gasteiger partial charge is 0.494 e. The number of unbranched alkanes of at least 4 members (excludes halogenated alkanes) is 16. The van der Waals surface area contributed by atoms with Gasteiger partial charge in [0.2, 0.25) is 23.6 Å². The van der Waals surface area contributed by atoms with E-state index in [1.54, 1.807) is 0 Å². The van der Waals surface area contributed by atoms with Gasteiger partial charge in [0.1, 0.15) is 11.5 Å². The van der Waals surface area contributed by atoms with Crippen LogP contribution in [0.5, 0.6) is 11.5 Å². The molecule has 0 unspecified atom stereocenters. The van der Waals surface area contributed by atoms with Crippen LogP contribution in [0.4, 0.5) is 0 Å². The maximum absolute atomic E-state index is 6.54. The average molecular weight is 1100 g/mol. The van der Waals surface area contributed by atoms with E-state index in [1.807, 2.05) is 48.5 Å². The first-order valence-electron chi connectivity index (χ1n) is 27.3. The quantitative estimate of drug-likeness (QED) is 0.0385. The molecule has 7 aromatic rings. The molecule has 0 atom stereocenters. The molecule has 10 heteroatoms. The average Bonchev–Trinajstić information content (AvgIpc) is 4.11. The molecule has 2 aromatic heterocycles. The normalized spacial score (nSPS) is 11.4. The molecule has 0 radical (unpaired) electrons. The lowest BCUT2D eigenvalue weighted by atomic mass is 9.85. The van der Waals surface area contributed by atoms with Gasteiger partial charge in [0.05, 0.1) is 18.8 Å². The van der Waals surface area contributed by atoms with Crippen molar-refractivity contribution in [3.05, 3.63) is 117 Å². The molecule has 2 heterocycles. The molecular weight excluding hydrogens is 1020 g/mol. The highest BCUT2D eigenvalue weighted by Gasteiger charge is 2.22. The number of aryl methyl sites for hydroxylation is 2. The smallest absolute Gasteiger partial charge is 0.249 e. The monoisotopic (exact) mass is 1100 g/mol. The fourth-order valence-corrected chi connectivity index (χ4v) is 10.1. The lowest BCUT2D eigenvalue weighted by molar-refractivity contribution is 0.304. The Morgan fingerprint density at radius 3 is 1.32 bits per heavy atom. The summed E-state index contributed by atoms with van der Waals surface area (Å²) in [6, 6.07) is 33.8. The zero-order valence-electron chi connectivity index (χ0n) is 43.4. The van der Waals surface area contributed by atoms with Crippen LogP contribution in [0.15, 0.2) is 115 Å². The van der Waals surface area contributed by atoms with Crippen LogP contribution in [-0.2, 0) is 12.8 Å². The molecule has 0 aliphatic rings. The molecule has 7 rings (SSSR count). The van der Waals surface area contributed by atoms with Crippen LogP contribution in [0.2, 0.25) is 0 Å². The lowest BCUT2D eigenvalue weighted by Crippen LogP contribution is -2.00. The Bertz CT molecular complexity index is 2690. The SMILES string of the molecule is CCCCCCCCOc1ccc(-c2nnc(-c3cc(-c4cc(CCCCCC)c(-c5ccc(Br)cc5-c5nnc(-c6ccc(OCCCCCCCC)cc6)o5)cc4CCCCCC)ccc3Br)o2)cc1. The van der Waals surface area contributed by atoms with Crippen LogP contribution in [0, 0.1) is 0 Å². The predicted octanol–water partition coefficient (Wildman–Crippen LogP) is 19.7. The van der Waals surface area contributed by atoms with Crippen molar-refractivity contribution >= 4 is 31.9 Å². The van der Waals surface area contributed by atoms with E-state index in [0.29, 0.717) is 23.6 Å². The van der Waals surface area contributed by atoms with E-state index < -0.39 is 0 Å². The lowest BCUT2D eigenvalue weighted by Gasteiger charge is -2.20. The molecule has 0 bridgehead atoms. The van der Waals surface area contributed by atoms with E-state index in [4.69, 9.17) is 18.3 Å². The van der Waals surface area contributed by atoms with Gasteiger partial charge in [-0.3, -0.25) is 0 Å². The van der Waals surface area contributed by atoms with E-state index in [2.05, 4.69) is 128 Å². The minimum absolute atomic E-state index is 0.467. The molecule has 382 valence electrons. The molecule has 0 aliphatic heterocycles. The van der Waals surface area contributed by atoms with Crippen molar-refractivity contribution in [1.29, 1.82) is 0 Å². The van der Waals surface area contributed by atoms with E-state index in [-0.39, 0.29) is 0 Å². The van der Waals surface area contributed by atoms with Gasteiger partial charge in [-0.1, -0.05) is 171 Å². The highest BCUT2D eigenvalue weighted by molar-refractivity contribution is 9.10. The molecule has 0 saturated heterocycles. The molecule has 0 spiro atoms. The minimum atomic E-state index is 0.467. The molecule has 5 aromatic carbocycles. The van der Waals surface area contributed by atoms with Crippen molar-refractivity contribution in [2.45, 2.75) is 169 Å². The third-order valence-electron chi connectivity index (χ3n) is 13.5. The van der Waals surface area contributed by atoms with Crippen LogP contribution in [0.1, 0.15) is 167 Å². The highest BCUT2D eigenvalue weighted by atomic mass is 79.9.